The highest BCUT2D eigenvalue weighted by Gasteiger charge is 2.30. The normalized spacial score (nSPS) is 23.5. The molecule has 0 aromatic rings. The van der Waals surface area contributed by atoms with Crippen molar-refractivity contribution in [3.05, 3.63) is 23.3 Å². The lowest BCUT2D eigenvalue weighted by atomic mass is 9.79. The Bertz CT molecular complexity index is 334. The maximum atomic E-state index is 11.6. The minimum atomic E-state index is 0.0364. The van der Waals surface area contributed by atoms with Crippen molar-refractivity contribution in [2.45, 2.75) is 32.1 Å². The third-order valence-electron chi connectivity index (χ3n) is 2.77. The summed E-state index contributed by atoms with van der Waals surface area (Å²) in [5.41, 5.74) is 2.03. The number of carbonyl (C=O) groups excluding carboxylic acids is 2. The van der Waals surface area contributed by atoms with Crippen LogP contribution in [0, 0.1) is 0 Å². The third kappa shape index (κ3) is 1.26. The molecular formula is C11H12O2. The molecule has 0 spiro atoms. The van der Waals surface area contributed by atoms with Gasteiger partial charge in [0, 0.05) is 23.1 Å². The fourth-order valence-corrected chi connectivity index (χ4v) is 2.06. The lowest BCUT2D eigenvalue weighted by Gasteiger charge is -2.23. The maximum absolute atomic E-state index is 11.6. The number of hydrogen-bond acceptors (Lipinski definition) is 2. The van der Waals surface area contributed by atoms with Crippen molar-refractivity contribution in [2.75, 3.05) is 0 Å². The SMILES string of the molecule is C=C1CC(=O)C2=C(CCCC2)C1=O. The van der Waals surface area contributed by atoms with Crippen LogP contribution in [0.3, 0.4) is 0 Å². The molecule has 0 aromatic carbocycles. The van der Waals surface area contributed by atoms with E-state index in [9.17, 15) is 9.59 Å². The quantitative estimate of drug-likeness (QED) is 0.529. The van der Waals surface area contributed by atoms with E-state index in [-0.39, 0.29) is 18.0 Å². The van der Waals surface area contributed by atoms with Crippen LogP contribution in [0.5, 0.6) is 0 Å². The van der Waals surface area contributed by atoms with Gasteiger partial charge in [0.25, 0.3) is 0 Å². The van der Waals surface area contributed by atoms with E-state index < -0.39 is 0 Å². The van der Waals surface area contributed by atoms with E-state index in [0.29, 0.717) is 5.57 Å². The van der Waals surface area contributed by atoms with Gasteiger partial charge in [-0.2, -0.15) is 0 Å². The van der Waals surface area contributed by atoms with E-state index in [1.54, 1.807) is 0 Å². The van der Waals surface area contributed by atoms with E-state index in [1.165, 1.54) is 0 Å². The number of carbonyl (C=O) groups is 2. The molecule has 2 rings (SSSR count). The molecule has 0 fully saturated rings. The number of hydrogen-bond donors (Lipinski definition) is 0. The van der Waals surface area contributed by atoms with Crippen LogP contribution in [-0.4, -0.2) is 11.6 Å². The molecule has 2 aliphatic rings. The topological polar surface area (TPSA) is 34.1 Å². The van der Waals surface area contributed by atoms with Crippen LogP contribution in [0.15, 0.2) is 23.3 Å². The Balaban J connectivity index is 2.46. The molecule has 0 saturated heterocycles. The molecule has 0 bridgehead atoms. The summed E-state index contributed by atoms with van der Waals surface area (Å²) in [6.07, 6.45) is 3.90. The Kier molecular flexibility index (Phi) is 1.91. The minimum Gasteiger partial charge on any atom is -0.294 e. The molecular weight excluding hydrogens is 164 g/mol. The standard InChI is InChI=1S/C11H12O2/c1-7-6-10(12)8-4-2-3-5-9(8)11(7)13/h1-6H2. The first-order valence-electron chi connectivity index (χ1n) is 4.68. The second-order valence-electron chi connectivity index (χ2n) is 3.70. The predicted octanol–water partition coefficient (Wildman–Crippen LogP) is 1.96. The molecule has 2 heteroatoms. The van der Waals surface area contributed by atoms with Gasteiger partial charge in [0.15, 0.2) is 11.6 Å². The Morgan fingerprint density at radius 1 is 1.00 bits per heavy atom. The zero-order valence-corrected chi connectivity index (χ0v) is 7.56. The average molecular weight is 176 g/mol. The lowest BCUT2D eigenvalue weighted by molar-refractivity contribution is -0.119. The molecule has 0 aromatic heterocycles. The van der Waals surface area contributed by atoms with Crippen molar-refractivity contribution in [1.29, 1.82) is 0 Å². The van der Waals surface area contributed by atoms with Gasteiger partial charge < -0.3 is 0 Å². The van der Waals surface area contributed by atoms with Gasteiger partial charge in [0.1, 0.15) is 0 Å². The highest BCUT2D eigenvalue weighted by atomic mass is 16.1. The van der Waals surface area contributed by atoms with Crippen molar-refractivity contribution in [2.24, 2.45) is 0 Å². The molecule has 0 aliphatic heterocycles. The van der Waals surface area contributed by atoms with Gasteiger partial charge in [-0.15, -0.1) is 0 Å². The summed E-state index contributed by atoms with van der Waals surface area (Å²) in [6.45, 7) is 3.63. The Morgan fingerprint density at radius 3 is 2.31 bits per heavy atom. The monoisotopic (exact) mass is 176 g/mol. The summed E-state index contributed by atoms with van der Waals surface area (Å²) in [5.74, 6) is 0.161. The highest BCUT2D eigenvalue weighted by Crippen LogP contribution is 2.32. The first kappa shape index (κ1) is 8.42. The molecule has 0 radical (unpaired) electrons. The average Bonchev–Trinajstić information content (AvgIpc) is 2.15. The lowest BCUT2D eigenvalue weighted by Crippen LogP contribution is -2.23. The maximum Gasteiger partial charge on any atom is 0.185 e. The number of rotatable bonds is 0. The van der Waals surface area contributed by atoms with Gasteiger partial charge in [-0.1, -0.05) is 6.58 Å². The van der Waals surface area contributed by atoms with Crippen LogP contribution in [0.25, 0.3) is 0 Å². The van der Waals surface area contributed by atoms with Crippen molar-refractivity contribution < 1.29 is 9.59 Å². The summed E-state index contributed by atoms with van der Waals surface area (Å²) in [7, 11) is 0. The van der Waals surface area contributed by atoms with Gasteiger partial charge >= 0.3 is 0 Å². The van der Waals surface area contributed by atoms with E-state index in [4.69, 9.17) is 0 Å². The first-order chi connectivity index (χ1) is 6.20. The second-order valence-corrected chi connectivity index (χ2v) is 3.70. The molecule has 0 saturated carbocycles. The molecule has 2 nitrogen and oxygen atoms in total. The van der Waals surface area contributed by atoms with Crippen molar-refractivity contribution >= 4 is 11.6 Å². The molecule has 13 heavy (non-hydrogen) atoms. The summed E-state index contributed by atoms with van der Waals surface area (Å²) in [5, 5.41) is 0. The van der Waals surface area contributed by atoms with Gasteiger partial charge in [-0.25, -0.2) is 0 Å². The fourth-order valence-electron chi connectivity index (χ4n) is 2.06. The molecule has 0 unspecified atom stereocenters. The summed E-state index contributed by atoms with van der Waals surface area (Å²) >= 11 is 0. The summed E-state index contributed by atoms with van der Waals surface area (Å²) < 4.78 is 0. The molecule has 2 aliphatic carbocycles. The van der Waals surface area contributed by atoms with Gasteiger partial charge in [-0.3, -0.25) is 9.59 Å². The van der Waals surface area contributed by atoms with E-state index in [2.05, 4.69) is 6.58 Å². The van der Waals surface area contributed by atoms with E-state index in [1.807, 2.05) is 0 Å². The zero-order chi connectivity index (χ0) is 9.42. The fraction of sp³-hybridized carbons (Fsp3) is 0.455. The largest absolute Gasteiger partial charge is 0.294 e. The van der Waals surface area contributed by atoms with Crippen LogP contribution in [0.4, 0.5) is 0 Å². The van der Waals surface area contributed by atoms with Gasteiger partial charge in [0.05, 0.1) is 0 Å². The predicted molar refractivity (Wildman–Crippen MR) is 49.3 cm³/mol. The molecule has 0 N–H and O–H groups in total. The number of ketones is 2. The summed E-state index contributed by atoms with van der Waals surface area (Å²) in [4.78, 5) is 23.1. The molecule has 0 amide bonds. The smallest absolute Gasteiger partial charge is 0.185 e. The van der Waals surface area contributed by atoms with E-state index in [0.717, 1.165) is 36.8 Å². The zero-order valence-electron chi connectivity index (χ0n) is 7.56. The Labute approximate surface area is 77.3 Å². The highest BCUT2D eigenvalue weighted by molar-refractivity contribution is 6.20. The second kappa shape index (κ2) is 2.95. The van der Waals surface area contributed by atoms with E-state index >= 15 is 0 Å². The number of Topliss-reactive ketones (excluding diaryl/α,β-unsaturated/α-hetero) is 2. The summed E-state index contributed by atoms with van der Waals surface area (Å²) in [6, 6.07) is 0. The van der Waals surface area contributed by atoms with Gasteiger partial charge in [0.2, 0.25) is 0 Å². The Morgan fingerprint density at radius 2 is 1.62 bits per heavy atom. The van der Waals surface area contributed by atoms with Crippen molar-refractivity contribution in [3.8, 4) is 0 Å². The van der Waals surface area contributed by atoms with Crippen LogP contribution in [0.2, 0.25) is 0 Å². The van der Waals surface area contributed by atoms with Crippen LogP contribution >= 0.6 is 0 Å². The molecule has 68 valence electrons. The molecule has 0 atom stereocenters. The van der Waals surface area contributed by atoms with Gasteiger partial charge in [-0.05, 0) is 25.7 Å². The third-order valence-corrected chi connectivity index (χ3v) is 2.77. The molecule has 0 heterocycles. The van der Waals surface area contributed by atoms with Crippen LogP contribution in [0.1, 0.15) is 32.1 Å². The van der Waals surface area contributed by atoms with Crippen molar-refractivity contribution in [1.82, 2.24) is 0 Å². The van der Waals surface area contributed by atoms with Crippen LogP contribution in [-0.2, 0) is 9.59 Å². The number of allylic oxidation sites excluding steroid dienone is 3. The Hall–Kier alpha value is -1.18. The van der Waals surface area contributed by atoms with Crippen LogP contribution < -0.4 is 0 Å². The van der Waals surface area contributed by atoms with Crippen molar-refractivity contribution in [3.63, 3.8) is 0 Å². The first-order valence-corrected chi connectivity index (χ1v) is 4.68. The minimum absolute atomic E-state index is 0.0364.